The average molecular weight is 236 g/mol. The molecule has 0 fully saturated rings. The zero-order chi connectivity index (χ0) is 12.4. The maximum atomic E-state index is 11.8. The molecule has 17 heavy (non-hydrogen) atoms. The van der Waals surface area contributed by atoms with E-state index in [1.807, 2.05) is 6.92 Å². The van der Waals surface area contributed by atoms with Crippen LogP contribution < -0.4 is 9.47 Å². The molecular formula is C12H12O5. The van der Waals surface area contributed by atoms with E-state index >= 15 is 0 Å². The van der Waals surface area contributed by atoms with Gasteiger partial charge in [0.15, 0.2) is 11.5 Å². The van der Waals surface area contributed by atoms with Crippen molar-refractivity contribution in [3.63, 3.8) is 0 Å². The third-order valence-corrected chi connectivity index (χ3v) is 2.42. The van der Waals surface area contributed by atoms with Crippen LogP contribution in [0.2, 0.25) is 0 Å². The first-order chi connectivity index (χ1) is 8.15. The Balaban J connectivity index is 2.37. The van der Waals surface area contributed by atoms with Crippen molar-refractivity contribution in [2.45, 2.75) is 13.8 Å². The SMILES string of the molecule is CCOC(=O)C(=O)c1ccc(C)c2c1OCO2. The van der Waals surface area contributed by atoms with Crippen LogP contribution in [0.15, 0.2) is 12.1 Å². The van der Waals surface area contributed by atoms with E-state index in [0.29, 0.717) is 11.5 Å². The van der Waals surface area contributed by atoms with Crippen molar-refractivity contribution in [3.8, 4) is 11.5 Å². The first kappa shape index (κ1) is 11.4. The largest absolute Gasteiger partial charge is 0.460 e. The van der Waals surface area contributed by atoms with Crippen LogP contribution in [-0.2, 0) is 9.53 Å². The van der Waals surface area contributed by atoms with Crippen LogP contribution in [0, 0.1) is 6.92 Å². The maximum absolute atomic E-state index is 11.8. The predicted molar refractivity (Wildman–Crippen MR) is 58.3 cm³/mol. The summed E-state index contributed by atoms with van der Waals surface area (Å²) >= 11 is 0. The van der Waals surface area contributed by atoms with E-state index in [4.69, 9.17) is 9.47 Å². The summed E-state index contributed by atoms with van der Waals surface area (Å²) in [6.07, 6.45) is 0. The molecule has 0 aliphatic carbocycles. The summed E-state index contributed by atoms with van der Waals surface area (Å²) in [5.41, 5.74) is 1.04. The van der Waals surface area contributed by atoms with Crippen LogP contribution >= 0.6 is 0 Å². The number of benzene rings is 1. The van der Waals surface area contributed by atoms with Gasteiger partial charge in [-0.25, -0.2) is 4.79 Å². The van der Waals surface area contributed by atoms with E-state index in [1.165, 1.54) is 0 Å². The van der Waals surface area contributed by atoms with Gasteiger partial charge in [-0.05, 0) is 25.5 Å². The highest BCUT2D eigenvalue weighted by Crippen LogP contribution is 2.38. The Morgan fingerprint density at radius 3 is 2.71 bits per heavy atom. The molecule has 5 nitrogen and oxygen atoms in total. The summed E-state index contributed by atoms with van der Waals surface area (Å²) in [6, 6.07) is 3.25. The second-order valence-electron chi connectivity index (χ2n) is 3.54. The van der Waals surface area contributed by atoms with Gasteiger partial charge in [0.05, 0.1) is 12.2 Å². The van der Waals surface area contributed by atoms with Gasteiger partial charge in [-0.15, -0.1) is 0 Å². The normalized spacial score (nSPS) is 12.4. The lowest BCUT2D eigenvalue weighted by Gasteiger charge is -2.06. The highest BCUT2D eigenvalue weighted by Gasteiger charge is 2.28. The number of ketones is 1. The fourth-order valence-electron chi connectivity index (χ4n) is 1.62. The van der Waals surface area contributed by atoms with Crippen LogP contribution in [0.4, 0.5) is 0 Å². The number of fused-ring (bicyclic) bond motifs is 1. The Morgan fingerprint density at radius 2 is 2.00 bits per heavy atom. The number of esters is 1. The number of rotatable bonds is 3. The Labute approximate surface area is 98.3 Å². The third-order valence-electron chi connectivity index (χ3n) is 2.42. The average Bonchev–Trinajstić information content (AvgIpc) is 2.79. The van der Waals surface area contributed by atoms with Crippen LogP contribution in [0.25, 0.3) is 0 Å². The standard InChI is InChI=1S/C12H12O5/c1-3-15-12(14)9(13)8-5-4-7(2)10-11(8)17-6-16-10/h4-5H,3,6H2,1-2H3. The van der Waals surface area contributed by atoms with Crippen LogP contribution in [0.3, 0.4) is 0 Å². The van der Waals surface area contributed by atoms with E-state index in [0.717, 1.165) is 5.56 Å². The van der Waals surface area contributed by atoms with Gasteiger partial charge in [-0.3, -0.25) is 4.79 Å². The van der Waals surface area contributed by atoms with Gasteiger partial charge >= 0.3 is 5.97 Å². The number of carbonyl (C=O) groups excluding carboxylic acids is 2. The van der Waals surface area contributed by atoms with Gasteiger partial charge in [-0.1, -0.05) is 6.07 Å². The molecule has 1 heterocycles. The van der Waals surface area contributed by atoms with Crippen LogP contribution in [-0.4, -0.2) is 25.2 Å². The van der Waals surface area contributed by atoms with E-state index in [2.05, 4.69) is 4.74 Å². The lowest BCUT2D eigenvalue weighted by atomic mass is 10.1. The van der Waals surface area contributed by atoms with Crippen molar-refractivity contribution in [2.24, 2.45) is 0 Å². The van der Waals surface area contributed by atoms with Crippen molar-refractivity contribution in [1.82, 2.24) is 0 Å². The van der Waals surface area contributed by atoms with Crippen LogP contribution in [0.1, 0.15) is 22.8 Å². The minimum absolute atomic E-state index is 0.0588. The zero-order valence-electron chi connectivity index (χ0n) is 9.61. The van der Waals surface area contributed by atoms with Crippen LogP contribution in [0.5, 0.6) is 11.5 Å². The molecule has 1 aromatic carbocycles. The molecule has 90 valence electrons. The fourth-order valence-corrected chi connectivity index (χ4v) is 1.62. The molecule has 0 aromatic heterocycles. The number of carbonyl (C=O) groups is 2. The summed E-state index contributed by atoms with van der Waals surface area (Å²) in [5.74, 6) is -0.758. The molecule has 0 bridgehead atoms. The van der Waals surface area contributed by atoms with Gasteiger partial charge in [-0.2, -0.15) is 0 Å². The summed E-state index contributed by atoms with van der Waals surface area (Å²) in [6.45, 7) is 3.70. The summed E-state index contributed by atoms with van der Waals surface area (Å²) in [5, 5.41) is 0. The zero-order valence-corrected chi connectivity index (χ0v) is 9.61. The van der Waals surface area contributed by atoms with Crippen molar-refractivity contribution < 1.29 is 23.8 Å². The Hall–Kier alpha value is -2.04. The number of ether oxygens (including phenoxy) is 3. The van der Waals surface area contributed by atoms with E-state index in [-0.39, 0.29) is 19.0 Å². The first-order valence-corrected chi connectivity index (χ1v) is 5.25. The molecule has 1 aliphatic rings. The Kier molecular flexibility index (Phi) is 2.99. The molecule has 0 saturated heterocycles. The summed E-state index contributed by atoms with van der Waals surface area (Å²) < 4.78 is 15.1. The van der Waals surface area contributed by atoms with Gasteiger partial charge in [0.2, 0.25) is 6.79 Å². The summed E-state index contributed by atoms with van der Waals surface area (Å²) in [4.78, 5) is 23.2. The molecular weight excluding hydrogens is 224 g/mol. The Morgan fingerprint density at radius 1 is 1.29 bits per heavy atom. The van der Waals surface area contributed by atoms with Gasteiger partial charge in [0.25, 0.3) is 5.78 Å². The molecule has 0 unspecified atom stereocenters. The second kappa shape index (κ2) is 4.45. The van der Waals surface area contributed by atoms with E-state index < -0.39 is 11.8 Å². The van der Waals surface area contributed by atoms with E-state index in [9.17, 15) is 9.59 Å². The van der Waals surface area contributed by atoms with Gasteiger partial charge in [0.1, 0.15) is 0 Å². The molecule has 1 aromatic rings. The van der Waals surface area contributed by atoms with Crippen molar-refractivity contribution in [2.75, 3.05) is 13.4 Å². The predicted octanol–water partition coefficient (Wildman–Crippen LogP) is 1.47. The molecule has 5 heteroatoms. The number of Topliss-reactive ketones (excluding diaryl/α,β-unsaturated/α-hetero) is 1. The maximum Gasteiger partial charge on any atom is 0.379 e. The molecule has 0 amide bonds. The minimum atomic E-state index is -0.881. The quantitative estimate of drug-likeness (QED) is 0.452. The molecule has 2 rings (SSSR count). The number of aryl methyl sites for hydroxylation is 1. The smallest absolute Gasteiger partial charge is 0.379 e. The number of hydrogen-bond acceptors (Lipinski definition) is 5. The minimum Gasteiger partial charge on any atom is -0.460 e. The highest BCUT2D eigenvalue weighted by molar-refractivity contribution is 6.41. The van der Waals surface area contributed by atoms with E-state index in [1.54, 1.807) is 19.1 Å². The lowest BCUT2D eigenvalue weighted by Crippen LogP contribution is -2.18. The van der Waals surface area contributed by atoms with Gasteiger partial charge in [0, 0.05) is 0 Å². The number of hydrogen-bond donors (Lipinski definition) is 0. The van der Waals surface area contributed by atoms with Crippen molar-refractivity contribution >= 4 is 11.8 Å². The second-order valence-corrected chi connectivity index (χ2v) is 3.54. The molecule has 1 aliphatic heterocycles. The van der Waals surface area contributed by atoms with Crippen molar-refractivity contribution in [3.05, 3.63) is 23.3 Å². The van der Waals surface area contributed by atoms with Gasteiger partial charge < -0.3 is 14.2 Å². The topological polar surface area (TPSA) is 61.8 Å². The molecule has 0 radical (unpaired) electrons. The highest BCUT2D eigenvalue weighted by atomic mass is 16.7. The monoisotopic (exact) mass is 236 g/mol. The Bertz CT molecular complexity index is 478. The third kappa shape index (κ3) is 1.95. The molecule has 0 spiro atoms. The molecule has 0 saturated carbocycles. The first-order valence-electron chi connectivity index (χ1n) is 5.25. The fraction of sp³-hybridized carbons (Fsp3) is 0.333. The molecule has 0 atom stereocenters. The molecule has 0 N–H and O–H groups in total. The lowest BCUT2D eigenvalue weighted by molar-refractivity contribution is -0.137. The van der Waals surface area contributed by atoms with Crippen molar-refractivity contribution in [1.29, 1.82) is 0 Å². The summed E-state index contributed by atoms with van der Waals surface area (Å²) in [7, 11) is 0.